The van der Waals surface area contributed by atoms with Crippen LogP contribution < -0.4 is 10.6 Å². The first-order chi connectivity index (χ1) is 14.8. The van der Waals surface area contributed by atoms with Crippen molar-refractivity contribution in [1.82, 2.24) is 15.1 Å². The SMILES string of the molecule is Cc1cc(-c2ccc(Cl)c(NC(=O)C3=CNC(=O)C[C@H]3c3ccc(F)cc3)c2)nn1C. The molecular weight excluding hydrogens is 419 g/mol. The number of rotatable bonds is 4. The van der Waals surface area contributed by atoms with E-state index in [1.165, 1.54) is 18.3 Å². The minimum atomic E-state index is -0.491. The second-order valence-electron chi connectivity index (χ2n) is 7.42. The summed E-state index contributed by atoms with van der Waals surface area (Å²) < 4.78 is 15.1. The highest BCUT2D eigenvalue weighted by Gasteiger charge is 2.29. The molecule has 8 heteroatoms. The Bertz CT molecular complexity index is 1180. The molecule has 4 rings (SSSR count). The fourth-order valence-corrected chi connectivity index (χ4v) is 3.67. The lowest BCUT2D eigenvalue weighted by molar-refractivity contribution is -0.121. The van der Waals surface area contributed by atoms with Crippen molar-refractivity contribution < 1.29 is 14.0 Å². The van der Waals surface area contributed by atoms with Crippen LogP contribution in [0.2, 0.25) is 5.02 Å². The highest BCUT2D eigenvalue weighted by molar-refractivity contribution is 6.34. The largest absolute Gasteiger partial charge is 0.332 e. The Morgan fingerprint density at radius 3 is 2.65 bits per heavy atom. The van der Waals surface area contributed by atoms with Crippen molar-refractivity contribution in [3.05, 3.63) is 82.4 Å². The van der Waals surface area contributed by atoms with E-state index in [4.69, 9.17) is 11.6 Å². The number of hydrogen-bond donors (Lipinski definition) is 2. The number of aromatic nitrogens is 2. The first-order valence-electron chi connectivity index (χ1n) is 9.68. The molecular formula is C23H20ClFN4O2. The van der Waals surface area contributed by atoms with E-state index >= 15 is 0 Å². The molecule has 0 spiro atoms. The van der Waals surface area contributed by atoms with Crippen LogP contribution in [0.15, 0.2) is 60.3 Å². The van der Waals surface area contributed by atoms with Crippen molar-refractivity contribution in [3.8, 4) is 11.3 Å². The van der Waals surface area contributed by atoms with Crippen LogP contribution in [0.4, 0.5) is 10.1 Å². The molecule has 0 aliphatic carbocycles. The summed E-state index contributed by atoms with van der Waals surface area (Å²) in [7, 11) is 1.86. The van der Waals surface area contributed by atoms with Crippen molar-refractivity contribution >= 4 is 29.1 Å². The number of benzene rings is 2. The number of halogens is 2. The Labute approximate surface area is 183 Å². The average Bonchev–Trinajstić information content (AvgIpc) is 3.08. The van der Waals surface area contributed by atoms with Gasteiger partial charge in [-0.3, -0.25) is 14.3 Å². The van der Waals surface area contributed by atoms with Gasteiger partial charge in [0, 0.05) is 42.4 Å². The van der Waals surface area contributed by atoms with Gasteiger partial charge in [0.15, 0.2) is 0 Å². The zero-order chi connectivity index (χ0) is 22.1. The van der Waals surface area contributed by atoms with E-state index in [1.807, 2.05) is 26.1 Å². The molecule has 31 heavy (non-hydrogen) atoms. The van der Waals surface area contributed by atoms with Crippen LogP contribution >= 0.6 is 11.6 Å². The van der Waals surface area contributed by atoms with Gasteiger partial charge in [-0.05, 0) is 42.8 Å². The minimum Gasteiger partial charge on any atom is -0.332 e. The van der Waals surface area contributed by atoms with Gasteiger partial charge in [-0.25, -0.2) is 4.39 Å². The number of aryl methyl sites for hydroxylation is 2. The average molecular weight is 439 g/mol. The highest BCUT2D eigenvalue weighted by Crippen LogP contribution is 2.33. The molecule has 0 bridgehead atoms. The first kappa shape index (κ1) is 20.8. The third-order valence-corrected chi connectivity index (χ3v) is 5.64. The number of carbonyl (C=O) groups is 2. The van der Waals surface area contributed by atoms with Crippen LogP contribution in [0, 0.1) is 12.7 Å². The molecule has 6 nitrogen and oxygen atoms in total. The van der Waals surface area contributed by atoms with Crippen LogP contribution in [0.5, 0.6) is 0 Å². The Hall–Kier alpha value is -3.45. The smallest absolute Gasteiger partial charge is 0.253 e. The van der Waals surface area contributed by atoms with Gasteiger partial charge in [-0.2, -0.15) is 5.10 Å². The van der Waals surface area contributed by atoms with Crippen molar-refractivity contribution in [3.63, 3.8) is 0 Å². The van der Waals surface area contributed by atoms with Gasteiger partial charge in [-0.15, -0.1) is 0 Å². The molecule has 1 aliphatic heterocycles. The fourth-order valence-electron chi connectivity index (χ4n) is 3.51. The van der Waals surface area contributed by atoms with Gasteiger partial charge < -0.3 is 10.6 Å². The summed E-state index contributed by atoms with van der Waals surface area (Å²) >= 11 is 6.33. The van der Waals surface area contributed by atoms with E-state index < -0.39 is 11.8 Å². The third kappa shape index (κ3) is 4.36. The van der Waals surface area contributed by atoms with E-state index in [0.717, 1.165) is 17.0 Å². The summed E-state index contributed by atoms with van der Waals surface area (Å²) in [5, 5.41) is 10.3. The molecule has 0 saturated carbocycles. The Balaban J connectivity index is 1.62. The van der Waals surface area contributed by atoms with Gasteiger partial charge >= 0.3 is 0 Å². The molecule has 2 heterocycles. The Kier molecular flexibility index (Phi) is 5.61. The number of anilines is 1. The van der Waals surface area contributed by atoms with E-state index in [9.17, 15) is 14.0 Å². The topological polar surface area (TPSA) is 76.0 Å². The standard InChI is InChI=1S/C23H20ClFN4O2/c1-13-9-20(28-29(13)2)15-5-8-19(24)21(10-15)27-23(31)18-12-26-22(30)11-17(18)14-3-6-16(25)7-4-14/h3-10,12,17H,11H2,1-2H3,(H,26,30)(H,27,31)/t17-/m0/s1. The quantitative estimate of drug-likeness (QED) is 0.637. The molecule has 1 aromatic heterocycles. The normalized spacial score (nSPS) is 15.9. The minimum absolute atomic E-state index is 0.0892. The van der Waals surface area contributed by atoms with Gasteiger partial charge in [0.1, 0.15) is 5.82 Å². The van der Waals surface area contributed by atoms with Crippen molar-refractivity contribution in [2.75, 3.05) is 5.32 Å². The van der Waals surface area contributed by atoms with Crippen LogP contribution in [0.25, 0.3) is 11.3 Å². The van der Waals surface area contributed by atoms with E-state index in [0.29, 0.717) is 21.8 Å². The molecule has 2 aromatic carbocycles. The molecule has 0 fully saturated rings. The van der Waals surface area contributed by atoms with Crippen LogP contribution in [0.3, 0.4) is 0 Å². The zero-order valence-corrected chi connectivity index (χ0v) is 17.7. The summed E-state index contributed by atoms with van der Waals surface area (Å²) in [5.41, 5.74) is 4.05. The molecule has 2 amide bonds. The molecule has 0 radical (unpaired) electrons. The molecule has 0 unspecified atom stereocenters. The second kappa shape index (κ2) is 8.35. The van der Waals surface area contributed by atoms with Crippen LogP contribution in [0.1, 0.15) is 23.6 Å². The maximum Gasteiger partial charge on any atom is 0.253 e. The van der Waals surface area contributed by atoms with Gasteiger partial charge in [0.2, 0.25) is 5.91 Å². The number of hydrogen-bond acceptors (Lipinski definition) is 3. The summed E-state index contributed by atoms with van der Waals surface area (Å²) in [5.74, 6) is -1.48. The van der Waals surface area contributed by atoms with E-state index in [-0.39, 0.29) is 18.1 Å². The fraction of sp³-hybridized carbons (Fsp3) is 0.174. The van der Waals surface area contributed by atoms with Crippen molar-refractivity contribution in [1.29, 1.82) is 0 Å². The zero-order valence-electron chi connectivity index (χ0n) is 16.9. The monoisotopic (exact) mass is 438 g/mol. The Morgan fingerprint density at radius 2 is 1.97 bits per heavy atom. The lowest BCUT2D eigenvalue weighted by Gasteiger charge is -2.24. The molecule has 2 N–H and O–H groups in total. The maximum atomic E-state index is 13.3. The van der Waals surface area contributed by atoms with Gasteiger partial charge in [-0.1, -0.05) is 29.8 Å². The molecule has 3 aromatic rings. The summed E-state index contributed by atoms with van der Waals surface area (Å²) in [6.07, 6.45) is 1.49. The number of carbonyl (C=O) groups excluding carboxylic acids is 2. The maximum absolute atomic E-state index is 13.3. The van der Waals surface area contributed by atoms with Crippen molar-refractivity contribution in [2.24, 2.45) is 7.05 Å². The number of amides is 2. The third-order valence-electron chi connectivity index (χ3n) is 5.31. The first-order valence-corrected chi connectivity index (χ1v) is 10.1. The van der Waals surface area contributed by atoms with Crippen molar-refractivity contribution in [2.45, 2.75) is 19.3 Å². The molecule has 0 saturated heterocycles. The molecule has 1 aliphatic rings. The Morgan fingerprint density at radius 1 is 1.23 bits per heavy atom. The number of nitrogens with zero attached hydrogens (tertiary/aromatic N) is 2. The second-order valence-corrected chi connectivity index (χ2v) is 7.83. The summed E-state index contributed by atoms with van der Waals surface area (Å²) in [4.78, 5) is 25.0. The van der Waals surface area contributed by atoms with Gasteiger partial charge in [0.05, 0.1) is 16.4 Å². The van der Waals surface area contributed by atoms with Crippen LogP contribution in [-0.4, -0.2) is 21.6 Å². The summed E-state index contributed by atoms with van der Waals surface area (Å²) in [6, 6.07) is 13.0. The summed E-state index contributed by atoms with van der Waals surface area (Å²) in [6.45, 7) is 1.95. The van der Waals surface area contributed by atoms with Gasteiger partial charge in [0.25, 0.3) is 5.91 Å². The lowest BCUT2D eigenvalue weighted by Crippen LogP contribution is -2.32. The van der Waals surface area contributed by atoms with E-state index in [2.05, 4.69) is 15.7 Å². The predicted molar refractivity (Wildman–Crippen MR) is 117 cm³/mol. The lowest BCUT2D eigenvalue weighted by atomic mass is 9.86. The highest BCUT2D eigenvalue weighted by atomic mass is 35.5. The predicted octanol–water partition coefficient (Wildman–Crippen LogP) is 4.31. The molecule has 158 valence electrons. The van der Waals surface area contributed by atoms with Crippen LogP contribution in [-0.2, 0) is 16.6 Å². The van der Waals surface area contributed by atoms with E-state index in [1.54, 1.807) is 28.9 Å². The molecule has 1 atom stereocenters. The number of nitrogens with one attached hydrogen (secondary N) is 2.